The number of allylic oxidation sites excluding steroid dienone is 4. The van der Waals surface area contributed by atoms with Crippen LogP contribution in [0.5, 0.6) is 0 Å². The molecule has 524 valence electrons. The van der Waals surface area contributed by atoms with Gasteiger partial charge in [-0.25, -0.2) is 9.13 Å². The SMILES string of the molecule is CCCCCC/C=C\C=C/CCCCCCCC(=O)O[C@H](COC(=O)CCCCCCCCCCCCCCCCC)COP(=O)(O)OC[C@@H](O)COP(=O)(O)OC[C@@H](COC(=O)CCCCCCCCCC)OC(=O)CCCCCCCCCCCCC. The van der Waals surface area contributed by atoms with Gasteiger partial charge in [0, 0.05) is 25.7 Å². The van der Waals surface area contributed by atoms with Crippen LogP contribution in [0.25, 0.3) is 0 Å². The predicted molar refractivity (Wildman–Crippen MR) is 358 cm³/mol. The third-order valence-electron chi connectivity index (χ3n) is 15.7. The lowest BCUT2D eigenvalue weighted by Gasteiger charge is -2.21. The molecule has 0 aromatic heterocycles. The lowest BCUT2D eigenvalue weighted by atomic mass is 10.0. The fourth-order valence-electron chi connectivity index (χ4n) is 10.2. The first-order chi connectivity index (χ1) is 43.2. The summed E-state index contributed by atoms with van der Waals surface area (Å²) in [5, 5.41) is 10.6. The highest BCUT2D eigenvalue weighted by molar-refractivity contribution is 7.47. The first kappa shape index (κ1) is 86.5. The molecule has 17 nitrogen and oxygen atoms in total. The van der Waals surface area contributed by atoms with Crippen molar-refractivity contribution < 1.29 is 80.2 Å². The van der Waals surface area contributed by atoms with Gasteiger partial charge in [-0.15, -0.1) is 0 Å². The Hall–Kier alpha value is -2.46. The van der Waals surface area contributed by atoms with E-state index in [1.807, 2.05) is 0 Å². The summed E-state index contributed by atoms with van der Waals surface area (Å²) in [6, 6.07) is 0. The molecule has 0 radical (unpaired) electrons. The quantitative estimate of drug-likeness (QED) is 0.0169. The normalized spacial score (nSPS) is 14.2. The number of carbonyl (C=O) groups excluding carboxylic acids is 4. The fourth-order valence-corrected chi connectivity index (χ4v) is 11.7. The molecule has 0 bridgehead atoms. The Kier molecular flexibility index (Phi) is 62.5. The van der Waals surface area contributed by atoms with Crippen LogP contribution in [0.3, 0.4) is 0 Å². The second-order valence-corrected chi connectivity index (χ2v) is 27.5. The van der Waals surface area contributed by atoms with Crippen LogP contribution in [-0.2, 0) is 65.4 Å². The molecule has 0 spiro atoms. The summed E-state index contributed by atoms with van der Waals surface area (Å²) in [7, 11) is -9.91. The lowest BCUT2D eigenvalue weighted by Crippen LogP contribution is -2.30. The highest BCUT2D eigenvalue weighted by Gasteiger charge is 2.30. The number of unbranched alkanes of at least 4 members (excludes halogenated alkanes) is 40. The van der Waals surface area contributed by atoms with Crippen molar-refractivity contribution in [3.63, 3.8) is 0 Å². The molecule has 0 saturated heterocycles. The maximum atomic E-state index is 13.0. The van der Waals surface area contributed by atoms with Crippen LogP contribution in [0, 0.1) is 0 Å². The number of carbonyl (C=O) groups is 4. The van der Waals surface area contributed by atoms with E-state index in [0.29, 0.717) is 25.7 Å². The Bertz CT molecular complexity index is 1800. The van der Waals surface area contributed by atoms with E-state index >= 15 is 0 Å². The highest BCUT2D eigenvalue weighted by atomic mass is 31.2. The summed E-state index contributed by atoms with van der Waals surface area (Å²) in [6.45, 7) is 4.85. The molecule has 19 heteroatoms. The molecule has 3 N–H and O–H groups in total. The molecule has 0 rings (SSSR count). The number of aliphatic hydroxyl groups is 1. The monoisotopic (exact) mass is 1310 g/mol. The van der Waals surface area contributed by atoms with E-state index in [1.165, 1.54) is 154 Å². The van der Waals surface area contributed by atoms with Gasteiger partial charge in [0.15, 0.2) is 12.2 Å². The Morgan fingerprint density at radius 1 is 0.315 bits per heavy atom. The number of phosphoric acid groups is 2. The molecule has 0 saturated carbocycles. The van der Waals surface area contributed by atoms with Crippen LogP contribution < -0.4 is 0 Å². The highest BCUT2D eigenvalue weighted by Crippen LogP contribution is 2.45. The van der Waals surface area contributed by atoms with Crippen LogP contribution in [0.2, 0.25) is 0 Å². The smallest absolute Gasteiger partial charge is 0.462 e. The number of esters is 4. The zero-order valence-corrected chi connectivity index (χ0v) is 58.7. The number of hydrogen-bond donors (Lipinski definition) is 3. The van der Waals surface area contributed by atoms with Gasteiger partial charge in [0.1, 0.15) is 19.3 Å². The minimum Gasteiger partial charge on any atom is -0.462 e. The molecule has 5 atom stereocenters. The van der Waals surface area contributed by atoms with Gasteiger partial charge in [-0.3, -0.25) is 37.3 Å². The maximum absolute atomic E-state index is 13.0. The summed E-state index contributed by atoms with van der Waals surface area (Å²) < 4.78 is 68.2. The third kappa shape index (κ3) is 64.1. The van der Waals surface area contributed by atoms with E-state index in [4.69, 9.17) is 37.0 Å². The summed E-state index contributed by atoms with van der Waals surface area (Å²) in [6.07, 6.45) is 54.9. The lowest BCUT2D eigenvalue weighted by molar-refractivity contribution is -0.161. The molecule has 0 aromatic carbocycles. The van der Waals surface area contributed by atoms with Crippen LogP contribution in [0.4, 0.5) is 0 Å². The Labute approximate surface area is 542 Å². The number of rotatable bonds is 69. The molecule has 89 heavy (non-hydrogen) atoms. The Morgan fingerprint density at radius 3 is 0.820 bits per heavy atom. The fraction of sp³-hybridized carbons (Fsp3) is 0.886. The van der Waals surface area contributed by atoms with E-state index < -0.39 is 97.5 Å². The minimum atomic E-state index is -4.96. The predicted octanol–water partition coefficient (Wildman–Crippen LogP) is 19.8. The topological polar surface area (TPSA) is 237 Å². The largest absolute Gasteiger partial charge is 0.472 e. The van der Waals surface area contributed by atoms with Crippen LogP contribution in [-0.4, -0.2) is 96.7 Å². The van der Waals surface area contributed by atoms with Crippen molar-refractivity contribution >= 4 is 39.5 Å². The summed E-state index contributed by atoms with van der Waals surface area (Å²) in [5.74, 6) is -2.15. The van der Waals surface area contributed by atoms with E-state index in [1.54, 1.807) is 0 Å². The second-order valence-electron chi connectivity index (χ2n) is 24.6. The van der Waals surface area contributed by atoms with Gasteiger partial charge in [0.25, 0.3) is 0 Å². The van der Waals surface area contributed by atoms with Crippen LogP contribution in [0.1, 0.15) is 342 Å². The molecule has 0 aliphatic heterocycles. The maximum Gasteiger partial charge on any atom is 0.472 e. The van der Waals surface area contributed by atoms with Crippen molar-refractivity contribution in [2.24, 2.45) is 0 Å². The van der Waals surface area contributed by atoms with E-state index in [-0.39, 0.29) is 25.7 Å². The Balaban J connectivity index is 5.25. The standard InChI is InChI=1S/C70H132O17P2/c1-5-9-13-17-21-25-28-30-32-34-37-39-43-47-51-55-68(73)81-61-66(87-70(75)57-53-49-45-41-38-35-33-31-29-26-22-18-14-10-6-2)63-85-89(78,79)83-59-64(71)58-82-88(76,77)84-62-65(60-80-67(72)54-50-46-42-24-20-16-12-8-4)86-69(74)56-52-48-44-40-36-27-23-19-15-11-7-3/h26,29,31,33,64-66,71H,5-25,27-28,30,32,34-63H2,1-4H3,(H,76,77)(H,78,79)/b29-26-,33-31-/t64-,65+,66+/m0/s1. The van der Waals surface area contributed by atoms with Gasteiger partial charge < -0.3 is 33.8 Å². The van der Waals surface area contributed by atoms with Gasteiger partial charge >= 0.3 is 39.5 Å². The third-order valence-corrected chi connectivity index (χ3v) is 17.6. The van der Waals surface area contributed by atoms with Crippen LogP contribution in [0.15, 0.2) is 24.3 Å². The van der Waals surface area contributed by atoms with Crippen molar-refractivity contribution in [1.82, 2.24) is 0 Å². The van der Waals surface area contributed by atoms with E-state index in [0.717, 1.165) is 109 Å². The van der Waals surface area contributed by atoms with Crippen molar-refractivity contribution in [3.8, 4) is 0 Å². The molecule has 0 amide bonds. The summed E-state index contributed by atoms with van der Waals surface area (Å²) in [4.78, 5) is 72.4. The molecule has 0 aliphatic carbocycles. The molecule has 0 fully saturated rings. The number of phosphoric ester groups is 2. The van der Waals surface area contributed by atoms with Crippen molar-refractivity contribution in [2.75, 3.05) is 39.6 Å². The number of ether oxygens (including phenoxy) is 4. The summed E-state index contributed by atoms with van der Waals surface area (Å²) in [5.41, 5.74) is 0. The molecule has 2 unspecified atom stereocenters. The van der Waals surface area contributed by atoms with Crippen molar-refractivity contribution in [3.05, 3.63) is 24.3 Å². The Morgan fingerprint density at radius 2 is 0.539 bits per heavy atom. The molecule has 0 heterocycles. The van der Waals surface area contributed by atoms with Gasteiger partial charge in [-0.05, 0) is 51.4 Å². The van der Waals surface area contributed by atoms with Gasteiger partial charge in [-0.2, -0.15) is 0 Å². The first-order valence-corrected chi connectivity index (χ1v) is 39.1. The molecule has 0 aromatic rings. The zero-order chi connectivity index (χ0) is 65.4. The zero-order valence-electron chi connectivity index (χ0n) is 56.9. The van der Waals surface area contributed by atoms with Crippen molar-refractivity contribution in [2.45, 2.75) is 361 Å². The number of aliphatic hydroxyl groups excluding tert-OH is 1. The van der Waals surface area contributed by atoms with Crippen molar-refractivity contribution in [1.29, 1.82) is 0 Å². The van der Waals surface area contributed by atoms with Gasteiger partial charge in [0.05, 0.1) is 26.4 Å². The number of hydrogen-bond acceptors (Lipinski definition) is 15. The molecular formula is C70H132O17P2. The molecular weight excluding hydrogens is 1170 g/mol. The minimum absolute atomic E-state index is 0.0859. The average Bonchev–Trinajstić information content (AvgIpc) is 3.57. The molecule has 0 aliphatic rings. The summed E-state index contributed by atoms with van der Waals surface area (Å²) >= 11 is 0. The van der Waals surface area contributed by atoms with E-state index in [9.17, 15) is 43.2 Å². The van der Waals surface area contributed by atoms with Gasteiger partial charge in [0.2, 0.25) is 0 Å². The van der Waals surface area contributed by atoms with Crippen LogP contribution >= 0.6 is 15.6 Å². The first-order valence-electron chi connectivity index (χ1n) is 36.1. The van der Waals surface area contributed by atoms with Gasteiger partial charge in [-0.1, -0.05) is 290 Å². The average molecular weight is 1310 g/mol. The van der Waals surface area contributed by atoms with E-state index in [2.05, 4.69) is 52.0 Å². The second kappa shape index (κ2) is 64.3.